The summed E-state index contributed by atoms with van der Waals surface area (Å²) in [4.78, 5) is 0. The minimum Gasteiger partial charge on any atom is -0.276 e. The second-order valence-corrected chi connectivity index (χ2v) is 21.2. The van der Waals surface area contributed by atoms with Crippen molar-refractivity contribution in [2.24, 2.45) is 76.9 Å². The van der Waals surface area contributed by atoms with Crippen molar-refractivity contribution in [1.82, 2.24) is 0 Å². The second-order valence-electron chi connectivity index (χ2n) is 21.2. The van der Waals surface area contributed by atoms with E-state index in [0.717, 1.165) is 44.6 Å². The van der Waals surface area contributed by atoms with Crippen LogP contribution in [0, 0.1) is 76.9 Å². The van der Waals surface area contributed by atoms with Gasteiger partial charge < -0.3 is 0 Å². The predicted molar refractivity (Wildman–Crippen MR) is 251 cm³/mol. The highest BCUT2D eigenvalue weighted by atomic mass is 19.4. The summed E-state index contributed by atoms with van der Waals surface area (Å²) in [7, 11) is 0.500. The highest BCUT2D eigenvalue weighted by molar-refractivity contribution is 5.28. The van der Waals surface area contributed by atoms with Crippen molar-refractivity contribution in [2.75, 3.05) is 7.18 Å². The van der Waals surface area contributed by atoms with E-state index in [0.29, 0.717) is 19.5 Å². The van der Waals surface area contributed by atoms with Gasteiger partial charge in [-0.3, -0.25) is 9.13 Å². The molecule has 10 aliphatic carbocycles. The van der Waals surface area contributed by atoms with Crippen LogP contribution in [0.3, 0.4) is 0 Å². The van der Waals surface area contributed by atoms with E-state index >= 15 is 0 Å². The number of halogens is 23. The maximum Gasteiger partial charge on any atom is 0.403 e. The van der Waals surface area contributed by atoms with Gasteiger partial charge in [-0.15, -0.1) is 0 Å². The molecule has 10 rings (SSSR count). The first-order valence-electron chi connectivity index (χ1n) is 24.8. The first-order valence-corrected chi connectivity index (χ1v) is 24.8. The van der Waals surface area contributed by atoms with Crippen LogP contribution in [-0.4, -0.2) is 78.1 Å². The fourth-order valence-electron chi connectivity index (χ4n) is 13.2. The van der Waals surface area contributed by atoms with Gasteiger partial charge in [0.1, 0.15) is 11.3 Å². The first-order chi connectivity index (χ1) is 34.1. The molecule has 0 aromatic heterocycles. The smallest absolute Gasteiger partial charge is 0.276 e. The summed E-state index contributed by atoms with van der Waals surface area (Å²) >= 11 is 0. The van der Waals surface area contributed by atoms with Crippen molar-refractivity contribution in [3.63, 3.8) is 0 Å². The topological polar surface area (TPSA) is 9.23 Å². The number of ether oxygens (including phenoxy) is 1. The summed E-state index contributed by atoms with van der Waals surface area (Å²) in [5.41, 5.74) is -9.87. The Morgan fingerprint density at radius 2 is 0.910 bits per heavy atom. The molecule has 0 spiro atoms. The van der Waals surface area contributed by atoms with Crippen LogP contribution < -0.4 is 0 Å². The number of alkyl halides is 23. The van der Waals surface area contributed by atoms with E-state index in [1.807, 2.05) is 6.92 Å². The Hall–Kier alpha value is -2.95. The molecule has 456 valence electrons. The van der Waals surface area contributed by atoms with Crippen LogP contribution in [0.4, 0.5) is 101 Å². The van der Waals surface area contributed by atoms with Crippen molar-refractivity contribution in [3.05, 3.63) is 60.8 Å². The Morgan fingerprint density at radius 3 is 1.22 bits per heavy atom. The molecule has 5 fully saturated rings. The van der Waals surface area contributed by atoms with Gasteiger partial charge in [0.05, 0.1) is 13.1 Å². The Morgan fingerprint density at radius 1 is 0.474 bits per heavy atom. The van der Waals surface area contributed by atoms with Crippen molar-refractivity contribution in [1.29, 1.82) is 0 Å². The zero-order chi connectivity index (χ0) is 57.4. The second kappa shape index (κ2) is 23.7. The van der Waals surface area contributed by atoms with E-state index in [1.165, 1.54) is 25.2 Å². The number of fused-ring (bicyclic) bond motifs is 10. The number of hydrogen-bond acceptors (Lipinski definition) is 1. The zero-order valence-corrected chi connectivity index (χ0v) is 41.5. The van der Waals surface area contributed by atoms with Gasteiger partial charge in [-0.1, -0.05) is 118 Å². The molecule has 0 radical (unpaired) electrons. The van der Waals surface area contributed by atoms with E-state index in [4.69, 9.17) is 0 Å². The van der Waals surface area contributed by atoms with Crippen LogP contribution in [0.5, 0.6) is 0 Å². The molecule has 10 bridgehead atoms. The summed E-state index contributed by atoms with van der Waals surface area (Å²) in [5, 5.41) is 0. The molecule has 10 aliphatic rings. The molecular formula is C54H73F23O. The van der Waals surface area contributed by atoms with Crippen LogP contribution >= 0.6 is 0 Å². The third-order valence-corrected chi connectivity index (χ3v) is 17.5. The lowest BCUT2D eigenvalue weighted by atomic mass is 9.75. The third-order valence-electron chi connectivity index (χ3n) is 17.5. The van der Waals surface area contributed by atoms with Crippen LogP contribution in [0.25, 0.3) is 0 Å². The van der Waals surface area contributed by atoms with Crippen LogP contribution in [0.2, 0.25) is 0 Å². The van der Waals surface area contributed by atoms with Gasteiger partial charge >= 0.3 is 30.6 Å². The maximum absolute atomic E-state index is 14.4. The Bertz CT molecular complexity index is 2110. The number of hydrogen-bond donors (Lipinski definition) is 0. The summed E-state index contributed by atoms with van der Waals surface area (Å²) in [6.45, 7) is 7.64. The molecule has 0 saturated heterocycles. The van der Waals surface area contributed by atoms with E-state index in [-0.39, 0.29) is 66.2 Å². The highest BCUT2D eigenvalue weighted by Gasteiger charge is 2.77. The minimum atomic E-state index is -5.61. The molecule has 0 N–H and O–H groups in total. The lowest BCUT2D eigenvalue weighted by Gasteiger charge is -2.40. The van der Waals surface area contributed by atoms with Gasteiger partial charge in [-0.2, -0.15) is 57.1 Å². The van der Waals surface area contributed by atoms with Crippen LogP contribution in [0.1, 0.15) is 121 Å². The van der Waals surface area contributed by atoms with E-state index < -0.39 is 149 Å². The van der Waals surface area contributed by atoms with E-state index in [9.17, 15) is 101 Å². The minimum absolute atomic E-state index is 0. The summed E-state index contributed by atoms with van der Waals surface area (Å²) in [6, 6.07) is 0. The van der Waals surface area contributed by atoms with Gasteiger partial charge in [0, 0.05) is 53.8 Å². The molecule has 17 atom stereocenters. The van der Waals surface area contributed by atoms with Crippen molar-refractivity contribution in [3.8, 4) is 0 Å². The van der Waals surface area contributed by atoms with Gasteiger partial charge in [0.15, 0.2) is 17.3 Å². The molecule has 78 heavy (non-hydrogen) atoms. The molecule has 17 unspecified atom stereocenters. The number of allylic oxidation sites excluding steroid dienone is 9. The molecule has 0 heterocycles. The third kappa shape index (κ3) is 11.8. The van der Waals surface area contributed by atoms with Crippen molar-refractivity contribution >= 4 is 0 Å². The van der Waals surface area contributed by atoms with Gasteiger partial charge in [0.25, 0.3) is 17.7 Å². The fraction of sp³-hybridized carbons (Fsp3) is 0.815. The Kier molecular flexibility index (Phi) is 21.6. The summed E-state index contributed by atoms with van der Waals surface area (Å²) in [5.74, 6) is -28.5. The Balaban J connectivity index is 0.000000330. The molecule has 0 aromatic rings. The molecule has 1 nitrogen and oxygen atoms in total. The molecule has 0 aliphatic heterocycles. The lowest BCUT2D eigenvalue weighted by molar-refractivity contribution is -0.387. The van der Waals surface area contributed by atoms with Crippen molar-refractivity contribution in [2.45, 2.75) is 192 Å². The zero-order valence-electron chi connectivity index (χ0n) is 41.5. The van der Waals surface area contributed by atoms with Gasteiger partial charge in [-0.25, -0.2) is 39.5 Å². The highest BCUT2D eigenvalue weighted by Crippen LogP contribution is 2.65. The Labute approximate surface area is 442 Å². The van der Waals surface area contributed by atoms with Gasteiger partial charge in [-0.05, 0) is 75.5 Å². The van der Waals surface area contributed by atoms with Crippen LogP contribution in [-0.2, 0) is 4.74 Å². The summed E-state index contributed by atoms with van der Waals surface area (Å²) in [6.07, 6.45) is -6.04. The lowest BCUT2D eigenvalue weighted by Crippen LogP contribution is -2.56. The summed E-state index contributed by atoms with van der Waals surface area (Å²) < 4.78 is 303. The normalized spacial score (nSPS) is 40.5. The molecule has 0 aromatic carbocycles. The number of rotatable bonds is 8. The predicted octanol–water partition coefficient (Wildman–Crippen LogP) is 20.1. The first kappa shape index (κ1) is 71.2. The van der Waals surface area contributed by atoms with Crippen molar-refractivity contribution < 1.29 is 106 Å². The van der Waals surface area contributed by atoms with Crippen LogP contribution in [0.15, 0.2) is 60.8 Å². The standard InChI is InChI=1S/C11H12F6.C10H9F7.C10H11F5O.C10H15F.C9H11F3.CH3F.3CH4/c1-2-8(11(15,16)17)9(12)6-3-4-7(5-6)10(9,13)14;11-8(4-5-1-2-6(8)3-5)7(9(12,13)14)10(15,16)17;1-2-8(11,12)16-10(15)7-4-3-6(5-7)9(10,13)14;1-3-10(11)7(2)8-4-5-9(10)6-8;1-2-8(10)6-3-4-7(5-6)9(8,11)12;1-2;;;/h3-4,6-8H,2,5H2,1H3;1-2,5-7H,3-4H2;3-4,6-7H,2,5H2,1H3;4-5,7-9H,3,6H2,1-2H3;3-4,6-7H,2,5H2,1H3;1H3;3*1H4. The van der Waals surface area contributed by atoms with E-state index in [2.05, 4.69) is 23.8 Å². The molecule has 24 heteroatoms. The average Bonchev–Trinajstić information content (AvgIpc) is 4.17. The fourth-order valence-corrected chi connectivity index (χ4v) is 13.2. The quantitative estimate of drug-likeness (QED) is 0.174. The maximum atomic E-state index is 14.4. The largest absolute Gasteiger partial charge is 0.403 e. The molecular weight excluding hydrogens is 1100 g/mol. The van der Waals surface area contributed by atoms with Gasteiger partial charge in [0.2, 0.25) is 0 Å². The monoisotopic (exact) mass is 1170 g/mol. The SMILES string of the molecule is C.C.C.CCC(C(F)(F)F)C1(F)C2C=CC(C2)C1(F)F.CCC(F)(F)OC1(F)C2C=CC(C2)C1(F)F.CCC1(F)C2C=CC(C2)C1(F)F.CCC1(F)C2C=CC(C2)C1C.CF.FC(F)(F)C(C(F)(F)F)C1(F)CC2C=CC1C2. The molecule has 0 amide bonds. The van der Waals surface area contributed by atoms with E-state index in [1.54, 1.807) is 6.08 Å². The molecule has 5 saturated carbocycles. The average molecular weight is 1180 g/mol.